The number of phenols is 1. The third kappa shape index (κ3) is 2.42. The monoisotopic (exact) mass is 306 g/mol. The fourth-order valence-electron chi connectivity index (χ4n) is 2.75. The summed E-state index contributed by atoms with van der Waals surface area (Å²) in [7, 11) is 0. The van der Waals surface area contributed by atoms with Gasteiger partial charge in [-0.25, -0.2) is 0 Å². The van der Waals surface area contributed by atoms with Crippen molar-refractivity contribution < 1.29 is 14.6 Å². The predicted molar refractivity (Wildman–Crippen MR) is 86.4 cm³/mol. The molecule has 1 aliphatic heterocycles. The lowest BCUT2D eigenvalue weighted by atomic mass is 10.0. The van der Waals surface area contributed by atoms with Crippen LogP contribution in [0.5, 0.6) is 5.75 Å². The maximum Gasteiger partial charge on any atom is 0.244 e. The number of H-pyrrole nitrogens is 1. The molecule has 2 bridgehead atoms. The summed E-state index contributed by atoms with van der Waals surface area (Å²) < 4.78 is 5.65. The third-order valence-corrected chi connectivity index (χ3v) is 3.83. The van der Waals surface area contributed by atoms with E-state index in [4.69, 9.17) is 10.5 Å². The highest BCUT2D eigenvalue weighted by molar-refractivity contribution is 6.09. The first-order valence-corrected chi connectivity index (χ1v) is 7.22. The maximum absolute atomic E-state index is 12.7. The van der Waals surface area contributed by atoms with Gasteiger partial charge in [0.2, 0.25) is 5.78 Å². The fraction of sp³-hybridized carbons (Fsp3) is 0.0556. The number of allylic oxidation sites excluding steroid dienone is 6. The molecule has 114 valence electrons. The van der Waals surface area contributed by atoms with Gasteiger partial charge in [0.05, 0.1) is 5.69 Å². The van der Waals surface area contributed by atoms with Crippen LogP contribution in [0.4, 0.5) is 0 Å². The summed E-state index contributed by atoms with van der Waals surface area (Å²) in [6.07, 6.45) is 9.00. The average molecular weight is 306 g/mol. The van der Waals surface area contributed by atoms with Crippen LogP contribution < -0.4 is 5.73 Å². The van der Waals surface area contributed by atoms with Gasteiger partial charge in [-0.3, -0.25) is 4.79 Å². The van der Waals surface area contributed by atoms with E-state index in [0.717, 1.165) is 10.9 Å². The lowest BCUT2D eigenvalue weighted by Gasteiger charge is -2.16. The molecule has 1 aromatic carbocycles. The second-order valence-electron chi connectivity index (χ2n) is 5.56. The molecule has 23 heavy (non-hydrogen) atoms. The van der Waals surface area contributed by atoms with Gasteiger partial charge in [0.1, 0.15) is 11.5 Å². The Morgan fingerprint density at radius 3 is 2.91 bits per heavy atom. The molecule has 0 saturated heterocycles. The van der Waals surface area contributed by atoms with Crippen LogP contribution >= 0.6 is 0 Å². The molecular formula is C18H14N2O3. The van der Waals surface area contributed by atoms with Crippen LogP contribution in [0.3, 0.4) is 0 Å². The molecule has 4 N–H and O–H groups in total. The van der Waals surface area contributed by atoms with Gasteiger partial charge in [-0.15, -0.1) is 0 Å². The van der Waals surface area contributed by atoms with Crippen molar-refractivity contribution >= 4 is 16.7 Å². The normalized spacial score (nSPS) is 19.5. The Morgan fingerprint density at radius 1 is 1.17 bits per heavy atom. The number of aromatic nitrogens is 1. The van der Waals surface area contributed by atoms with Crippen LogP contribution in [0.2, 0.25) is 0 Å². The molecular weight excluding hydrogens is 292 g/mol. The van der Waals surface area contributed by atoms with E-state index in [-0.39, 0.29) is 23.2 Å². The summed E-state index contributed by atoms with van der Waals surface area (Å²) in [6.45, 7) is 0. The molecule has 1 aromatic heterocycles. The zero-order valence-electron chi connectivity index (χ0n) is 12.1. The summed E-state index contributed by atoms with van der Waals surface area (Å²) in [5, 5.41) is 10.3. The van der Waals surface area contributed by atoms with E-state index >= 15 is 0 Å². The van der Waals surface area contributed by atoms with Crippen molar-refractivity contribution in [3.8, 4) is 5.75 Å². The van der Waals surface area contributed by atoms with E-state index in [1.165, 1.54) is 0 Å². The van der Waals surface area contributed by atoms with Crippen LogP contribution in [-0.2, 0) is 4.74 Å². The van der Waals surface area contributed by atoms with Gasteiger partial charge < -0.3 is 20.6 Å². The maximum atomic E-state index is 12.7. The van der Waals surface area contributed by atoms with Crippen LogP contribution in [0.1, 0.15) is 10.5 Å². The lowest BCUT2D eigenvalue weighted by Crippen LogP contribution is -2.12. The number of hydrogen-bond donors (Lipinski definition) is 3. The zero-order valence-corrected chi connectivity index (χ0v) is 12.1. The quantitative estimate of drug-likeness (QED) is 0.744. The van der Waals surface area contributed by atoms with Gasteiger partial charge in [0.25, 0.3) is 0 Å². The SMILES string of the molecule is NC1=CC2C=C(C=C1)OC(C(=O)c1cc3cc(O)ccc3[nH]1)=C2. The molecule has 0 saturated carbocycles. The standard InChI is InChI=1S/C18H14N2O3/c19-12-1-3-14-6-10(5-12)7-17(23-14)18(22)16-9-11-8-13(21)2-4-15(11)20-16/h1-10,20-21H,19H2. The number of ether oxygens (including phenoxy) is 1. The highest BCUT2D eigenvalue weighted by Gasteiger charge is 2.23. The Kier molecular flexibility index (Phi) is 2.87. The largest absolute Gasteiger partial charge is 0.508 e. The van der Waals surface area contributed by atoms with Crippen LogP contribution in [0.15, 0.2) is 71.9 Å². The number of benzene rings is 1. The minimum absolute atomic E-state index is 0.0684. The molecule has 2 aromatic rings. The Hall–Kier alpha value is -3.21. The fourth-order valence-corrected chi connectivity index (χ4v) is 2.75. The van der Waals surface area contributed by atoms with Gasteiger partial charge in [0, 0.05) is 22.5 Å². The van der Waals surface area contributed by atoms with Gasteiger partial charge in [-0.05, 0) is 48.6 Å². The highest BCUT2D eigenvalue weighted by atomic mass is 16.5. The van der Waals surface area contributed by atoms with Crippen LogP contribution in [0.25, 0.3) is 10.9 Å². The summed E-state index contributed by atoms with van der Waals surface area (Å²) >= 11 is 0. The number of carbonyl (C=O) groups excluding carboxylic acids is 1. The first kappa shape index (κ1) is 13.5. The van der Waals surface area contributed by atoms with Crippen molar-refractivity contribution in [3.63, 3.8) is 0 Å². The van der Waals surface area contributed by atoms with Crippen LogP contribution in [-0.4, -0.2) is 15.9 Å². The summed E-state index contributed by atoms with van der Waals surface area (Å²) in [4.78, 5) is 15.7. The molecule has 2 aliphatic rings. The number of rotatable bonds is 2. The number of fused-ring (bicyclic) bond motifs is 2. The number of phenolic OH excluding ortho intramolecular Hbond substituents is 1. The second-order valence-corrected chi connectivity index (χ2v) is 5.56. The van der Waals surface area contributed by atoms with Crippen molar-refractivity contribution in [1.82, 2.24) is 4.98 Å². The molecule has 1 aliphatic carbocycles. The van der Waals surface area contributed by atoms with E-state index in [1.807, 2.05) is 12.2 Å². The molecule has 5 heteroatoms. The Labute approximate surface area is 132 Å². The van der Waals surface area contributed by atoms with Gasteiger partial charge >= 0.3 is 0 Å². The van der Waals surface area contributed by atoms with E-state index in [0.29, 0.717) is 17.2 Å². The topological polar surface area (TPSA) is 88.3 Å². The molecule has 1 atom stereocenters. The number of ketones is 1. The summed E-state index contributed by atoms with van der Waals surface area (Å²) in [6, 6.07) is 6.61. The Balaban J connectivity index is 1.70. The van der Waals surface area contributed by atoms with Crippen molar-refractivity contribution in [2.75, 3.05) is 0 Å². The first-order chi connectivity index (χ1) is 11.1. The number of carbonyl (C=O) groups is 1. The van der Waals surface area contributed by atoms with Crippen molar-refractivity contribution in [2.24, 2.45) is 11.7 Å². The molecule has 0 amide bonds. The van der Waals surface area contributed by atoms with Gasteiger partial charge in [0.15, 0.2) is 5.76 Å². The Bertz CT molecular complexity index is 942. The third-order valence-electron chi connectivity index (χ3n) is 3.83. The van der Waals surface area contributed by atoms with Crippen molar-refractivity contribution in [3.05, 3.63) is 77.6 Å². The first-order valence-electron chi connectivity index (χ1n) is 7.22. The van der Waals surface area contributed by atoms with Gasteiger partial charge in [-0.2, -0.15) is 0 Å². The minimum atomic E-state index is -0.237. The van der Waals surface area contributed by atoms with Crippen LogP contribution in [0, 0.1) is 5.92 Å². The number of aromatic amines is 1. The predicted octanol–water partition coefficient (Wildman–Crippen LogP) is 2.88. The number of Topliss-reactive ketones (excluding diaryl/α,β-unsaturated/α-hetero) is 1. The highest BCUT2D eigenvalue weighted by Crippen LogP contribution is 2.28. The number of aromatic hydroxyl groups is 1. The van der Waals surface area contributed by atoms with E-state index < -0.39 is 0 Å². The average Bonchev–Trinajstić information content (AvgIpc) is 2.89. The molecule has 2 heterocycles. The number of nitrogens with one attached hydrogen (secondary N) is 1. The molecule has 0 spiro atoms. The van der Waals surface area contributed by atoms with E-state index in [9.17, 15) is 9.90 Å². The minimum Gasteiger partial charge on any atom is -0.508 e. The summed E-state index contributed by atoms with van der Waals surface area (Å²) in [5.74, 6) is 0.718. The molecule has 0 radical (unpaired) electrons. The lowest BCUT2D eigenvalue weighted by molar-refractivity contribution is 0.0954. The molecule has 5 nitrogen and oxygen atoms in total. The van der Waals surface area contributed by atoms with E-state index in [1.54, 1.807) is 42.5 Å². The van der Waals surface area contributed by atoms with Crippen molar-refractivity contribution in [2.45, 2.75) is 0 Å². The molecule has 4 rings (SSSR count). The Morgan fingerprint density at radius 2 is 2.04 bits per heavy atom. The number of hydrogen-bond acceptors (Lipinski definition) is 4. The van der Waals surface area contributed by atoms with Gasteiger partial charge in [-0.1, -0.05) is 6.08 Å². The second kappa shape index (κ2) is 4.91. The molecule has 1 unspecified atom stereocenters. The van der Waals surface area contributed by atoms with Crippen molar-refractivity contribution in [1.29, 1.82) is 0 Å². The number of nitrogens with two attached hydrogens (primary N) is 1. The smallest absolute Gasteiger partial charge is 0.244 e. The molecule has 0 fully saturated rings. The summed E-state index contributed by atoms with van der Waals surface area (Å²) in [5.41, 5.74) is 7.66. The van der Waals surface area contributed by atoms with E-state index in [2.05, 4.69) is 4.98 Å². The zero-order chi connectivity index (χ0) is 16.0.